The predicted molar refractivity (Wildman–Crippen MR) is 54.4 cm³/mol. The maximum atomic E-state index is 11.2. The molecule has 0 saturated heterocycles. The number of allylic oxidation sites excluding steroid dienone is 1. The van der Waals surface area contributed by atoms with Crippen LogP contribution in [0.25, 0.3) is 0 Å². The first-order valence-electron chi connectivity index (χ1n) is 4.94. The van der Waals surface area contributed by atoms with Crippen molar-refractivity contribution in [2.75, 3.05) is 0 Å². The average Bonchev–Trinajstić information content (AvgIpc) is 2.44. The van der Waals surface area contributed by atoms with E-state index in [1.54, 1.807) is 6.08 Å². The van der Waals surface area contributed by atoms with Crippen molar-refractivity contribution < 1.29 is 24.2 Å². The van der Waals surface area contributed by atoms with Crippen LogP contribution in [0, 0.1) is 0 Å². The molecule has 5 heteroatoms. The van der Waals surface area contributed by atoms with E-state index < -0.39 is 24.3 Å². The molecule has 0 fully saturated rings. The molecule has 0 bridgehead atoms. The first-order chi connectivity index (χ1) is 7.56. The lowest BCUT2D eigenvalue weighted by Gasteiger charge is -1.93. The Hall–Kier alpha value is -1.91. The van der Waals surface area contributed by atoms with Crippen LogP contribution in [0.5, 0.6) is 0 Å². The third kappa shape index (κ3) is 2.79. The van der Waals surface area contributed by atoms with Gasteiger partial charge in [-0.15, -0.1) is 0 Å². The molecular weight excluding hydrogens is 212 g/mol. The zero-order valence-corrected chi connectivity index (χ0v) is 8.86. The van der Waals surface area contributed by atoms with Crippen LogP contribution in [-0.2, 0) is 19.1 Å². The summed E-state index contributed by atoms with van der Waals surface area (Å²) in [6.07, 6.45) is 4.34. The maximum absolute atomic E-state index is 11.2. The van der Waals surface area contributed by atoms with E-state index in [1.807, 2.05) is 6.92 Å². The van der Waals surface area contributed by atoms with E-state index in [9.17, 15) is 14.4 Å². The Morgan fingerprint density at radius 2 is 2.06 bits per heavy atom. The van der Waals surface area contributed by atoms with E-state index in [2.05, 4.69) is 4.74 Å². The van der Waals surface area contributed by atoms with Gasteiger partial charge in [-0.05, 0) is 6.42 Å². The number of carboxylic acid groups (broad SMARTS) is 1. The minimum Gasteiger partial charge on any atom is -0.481 e. The van der Waals surface area contributed by atoms with Crippen LogP contribution < -0.4 is 0 Å². The Bertz CT molecular complexity index is 389. The monoisotopic (exact) mass is 224 g/mol. The Labute approximate surface area is 92.4 Å². The van der Waals surface area contributed by atoms with E-state index in [-0.39, 0.29) is 11.1 Å². The fraction of sp³-hybridized carbons (Fsp3) is 0.364. The molecule has 0 amide bonds. The van der Waals surface area contributed by atoms with Crippen molar-refractivity contribution in [2.45, 2.75) is 26.2 Å². The Morgan fingerprint density at radius 1 is 1.38 bits per heavy atom. The first kappa shape index (κ1) is 12.2. The topological polar surface area (TPSA) is 80.7 Å². The molecule has 86 valence electrons. The number of esters is 2. The average molecular weight is 224 g/mol. The number of hydrogen-bond acceptors (Lipinski definition) is 4. The molecule has 0 aromatic heterocycles. The van der Waals surface area contributed by atoms with E-state index >= 15 is 0 Å². The van der Waals surface area contributed by atoms with E-state index in [0.29, 0.717) is 0 Å². The molecule has 1 heterocycles. The number of carboxylic acids is 1. The second-order valence-electron chi connectivity index (χ2n) is 3.33. The van der Waals surface area contributed by atoms with Crippen LogP contribution in [0.4, 0.5) is 0 Å². The summed E-state index contributed by atoms with van der Waals surface area (Å²) in [6, 6.07) is 0. The third-order valence-electron chi connectivity index (χ3n) is 2.04. The molecule has 0 radical (unpaired) electrons. The van der Waals surface area contributed by atoms with Crippen LogP contribution in [0.3, 0.4) is 0 Å². The largest absolute Gasteiger partial charge is 0.481 e. The van der Waals surface area contributed by atoms with Crippen molar-refractivity contribution >= 4 is 17.9 Å². The second kappa shape index (κ2) is 5.25. The highest BCUT2D eigenvalue weighted by molar-refractivity contribution is 6.15. The quantitative estimate of drug-likeness (QED) is 0.560. The molecule has 1 aliphatic heterocycles. The highest BCUT2D eigenvalue weighted by atomic mass is 16.6. The molecule has 0 saturated carbocycles. The van der Waals surface area contributed by atoms with Crippen LogP contribution in [0.1, 0.15) is 26.2 Å². The van der Waals surface area contributed by atoms with Crippen LogP contribution >= 0.6 is 0 Å². The van der Waals surface area contributed by atoms with E-state index in [0.717, 1.165) is 12.8 Å². The van der Waals surface area contributed by atoms with Gasteiger partial charge in [0.1, 0.15) is 0 Å². The number of carbonyl (C=O) groups is 3. The number of hydrogen-bond donors (Lipinski definition) is 1. The highest BCUT2D eigenvalue weighted by Crippen LogP contribution is 2.21. The molecule has 1 rings (SSSR count). The lowest BCUT2D eigenvalue weighted by atomic mass is 10.1. The van der Waals surface area contributed by atoms with Gasteiger partial charge in [0, 0.05) is 0 Å². The summed E-state index contributed by atoms with van der Waals surface area (Å²) in [6.45, 7) is 1.97. The van der Waals surface area contributed by atoms with Gasteiger partial charge in [0.2, 0.25) is 0 Å². The van der Waals surface area contributed by atoms with Gasteiger partial charge >= 0.3 is 17.9 Å². The predicted octanol–water partition coefficient (Wildman–Crippen LogP) is 1.20. The number of cyclic esters (lactones) is 2. The molecule has 0 atom stereocenters. The Kier molecular flexibility index (Phi) is 3.99. The maximum Gasteiger partial charge on any atom is 0.346 e. The molecule has 0 aromatic rings. The van der Waals surface area contributed by atoms with Crippen molar-refractivity contribution in [3.05, 3.63) is 23.3 Å². The number of unbranched alkanes of at least 4 members (excludes halogenated alkanes) is 1. The van der Waals surface area contributed by atoms with Gasteiger partial charge in [-0.1, -0.05) is 25.5 Å². The van der Waals surface area contributed by atoms with Crippen molar-refractivity contribution in [1.82, 2.24) is 0 Å². The highest BCUT2D eigenvalue weighted by Gasteiger charge is 2.32. The SMILES string of the molecule is CCCC=CC1=C(CC(=O)O)C(=O)OC1=O. The van der Waals surface area contributed by atoms with Crippen LogP contribution in [0.2, 0.25) is 0 Å². The zero-order chi connectivity index (χ0) is 12.1. The zero-order valence-electron chi connectivity index (χ0n) is 8.86. The summed E-state index contributed by atoms with van der Waals surface area (Å²) in [7, 11) is 0. The molecular formula is C11H12O5. The minimum atomic E-state index is -1.16. The molecule has 16 heavy (non-hydrogen) atoms. The van der Waals surface area contributed by atoms with Crippen molar-refractivity contribution in [3.63, 3.8) is 0 Å². The lowest BCUT2D eigenvalue weighted by molar-refractivity contribution is -0.151. The fourth-order valence-corrected chi connectivity index (χ4v) is 1.29. The normalized spacial score (nSPS) is 16.1. The molecule has 0 unspecified atom stereocenters. The van der Waals surface area contributed by atoms with Crippen molar-refractivity contribution in [3.8, 4) is 0 Å². The van der Waals surface area contributed by atoms with E-state index in [1.165, 1.54) is 6.08 Å². The summed E-state index contributed by atoms with van der Waals surface area (Å²) in [5.74, 6) is -2.79. The van der Waals surface area contributed by atoms with Gasteiger partial charge in [0.05, 0.1) is 17.6 Å². The fourth-order valence-electron chi connectivity index (χ4n) is 1.29. The van der Waals surface area contributed by atoms with Gasteiger partial charge in [0.25, 0.3) is 0 Å². The third-order valence-corrected chi connectivity index (χ3v) is 2.04. The van der Waals surface area contributed by atoms with Crippen LogP contribution in [-0.4, -0.2) is 23.0 Å². The van der Waals surface area contributed by atoms with Gasteiger partial charge in [0.15, 0.2) is 0 Å². The van der Waals surface area contributed by atoms with Gasteiger partial charge in [-0.3, -0.25) is 4.79 Å². The number of ether oxygens (including phenoxy) is 1. The molecule has 1 aliphatic rings. The van der Waals surface area contributed by atoms with E-state index in [4.69, 9.17) is 5.11 Å². The summed E-state index contributed by atoms with van der Waals surface area (Å²) in [5.41, 5.74) is -0.0225. The van der Waals surface area contributed by atoms with Crippen LogP contribution in [0.15, 0.2) is 23.3 Å². The molecule has 0 aliphatic carbocycles. The summed E-state index contributed by atoms with van der Waals surface area (Å²) < 4.78 is 4.35. The standard InChI is InChI=1S/C11H12O5/c1-2-3-4-5-7-8(6-9(12)13)11(15)16-10(7)14/h4-5H,2-3,6H2,1H3,(H,12,13). The van der Waals surface area contributed by atoms with Crippen molar-refractivity contribution in [1.29, 1.82) is 0 Å². The molecule has 5 nitrogen and oxygen atoms in total. The number of carbonyl (C=O) groups excluding carboxylic acids is 2. The van der Waals surface area contributed by atoms with Gasteiger partial charge in [-0.2, -0.15) is 0 Å². The summed E-state index contributed by atoms with van der Waals surface area (Å²) >= 11 is 0. The Balaban J connectivity index is 2.94. The van der Waals surface area contributed by atoms with Gasteiger partial charge < -0.3 is 9.84 Å². The van der Waals surface area contributed by atoms with Gasteiger partial charge in [-0.25, -0.2) is 9.59 Å². The number of aliphatic carboxylic acids is 1. The summed E-state index contributed by atoms with van der Waals surface area (Å²) in [4.78, 5) is 32.9. The lowest BCUT2D eigenvalue weighted by Crippen LogP contribution is -2.05. The first-order valence-corrected chi connectivity index (χ1v) is 4.94. The molecule has 1 N–H and O–H groups in total. The minimum absolute atomic E-state index is 0.0563. The Morgan fingerprint density at radius 3 is 2.62 bits per heavy atom. The van der Waals surface area contributed by atoms with Crippen molar-refractivity contribution in [2.24, 2.45) is 0 Å². The molecule has 0 spiro atoms. The molecule has 0 aromatic carbocycles. The second-order valence-corrected chi connectivity index (χ2v) is 3.33. The number of rotatable bonds is 5. The summed E-state index contributed by atoms with van der Waals surface area (Å²) in [5, 5.41) is 8.59. The smallest absolute Gasteiger partial charge is 0.346 e.